The standard InChI is InChI=1S/C28H28F2N4O4/c29-28(30)38-23-6-1-19(2-7-23)18-37-22-8-4-21(5-9-22)34-25-10-3-20(27(31)35)17-24(25)32-26(34)11-12-33-13-15-36-16-14-33/h1-10,17,28H,11-16,18H2,(H2,31,35). The lowest BCUT2D eigenvalue weighted by Gasteiger charge is -2.26. The van der Waals surface area contributed by atoms with Crippen molar-refractivity contribution in [3.63, 3.8) is 0 Å². The highest BCUT2D eigenvalue weighted by Crippen LogP contribution is 2.26. The average molecular weight is 523 g/mol. The molecule has 4 aromatic rings. The van der Waals surface area contributed by atoms with Crippen LogP contribution in [0.15, 0.2) is 66.7 Å². The van der Waals surface area contributed by atoms with E-state index >= 15 is 0 Å². The third-order valence-electron chi connectivity index (χ3n) is 6.41. The van der Waals surface area contributed by atoms with Gasteiger partial charge in [0.25, 0.3) is 0 Å². The summed E-state index contributed by atoms with van der Waals surface area (Å²) < 4.78 is 42.5. The van der Waals surface area contributed by atoms with Crippen molar-refractivity contribution in [3.8, 4) is 17.2 Å². The number of halogens is 2. The van der Waals surface area contributed by atoms with Gasteiger partial charge in [0.2, 0.25) is 5.91 Å². The molecule has 38 heavy (non-hydrogen) atoms. The molecule has 2 heterocycles. The smallest absolute Gasteiger partial charge is 0.387 e. The van der Waals surface area contributed by atoms with Crippen LogP contribution in [-0.2, 0) is 17.8 Å². The topological polar surface area (TPSA) is 91.8 Å². The maximum absolute atomic E-state index is 12.3. The van der Waals surface area contributed by atoms with E-state index in [4.69, 9.17) is 20.2 Å². The van der Waals surface area contributed by atoms with Crippen molar-refractivity contribution in [2.24, 2.45) is 5.73 Å². The van der Waals surface area contributed by atoms with E-state index in [2.05, 4.69) is 14.2 Å². The van der Waals surface area contributed by atoms with Crippen molar-refractivity contribution >= 4 is 16.9 Å². The lowest BCUT2D eigenvalue weighted by molar-refractivity contribution is -0.0498. The van der Waals surface area contributed by atoms with E-state index in [1.807, 2.05) is 30.3 Å². The number of primary amides is 1. The molecule has 1 fully saturated rings. The number of carbonyl (C=O) groups is 1. The van der Waals surface area contributed by atoms with Gasteiger partial charge >= 0.3 is 6.61 Å². The monoisotopic (exact) mass is 522 g/mol. The zero-order valence-corrected chi connectivity index (χ0v) is 20.7. The minimum Gasteiger partial charge on any atom is -0.489 e. The van der Waals surface area contributed by atoms with Crippen LogP contribution in [-0.4, -0.2) is 59.8 Å². The maximum atomic E-state index is 12.3. The Balaban J connectivity index is 1.34. The number of alkyl halides is 2. The first-order chi connectivity index (χ1) is 18.5. The van der Waals surface area contributed by atoms with Gasteiger partial charge in [-0.1, -0.05) is 12.1 Å². The number of amides is 1. The molecule has 0 spiro atoms. The van der Waals surface area contributed by atoms with Gasteiger partial charge in [0.1, 0.15) is 23.9 Å². The van der Waals surface area contributed by atoms with E-state index in [1.165, 1.54) is 12.1 Å². The van der Waals surface area contributed by atoms with E-state index in [9.17, 15) is 13.6 Å². The number of nitrogens with zero attached hydrogens (tertiary/aromatic N) is 3. The first-order valence-electron chi connectivity index (χ1n) is 12.3. The number of hydrogen-bond donors (Lipinski definition) is 1. The molecule has 1 saturated heterocycles. The molecule has 198 valence electrons. The minimum absolute atomic E-state index is 0.105. The molecule has 0 aliphatic carbocycles. The molecule has 1 aliphatic rings. The van der Waals surface area contributed by atoms with Crippen molar-refractivity contribution in [1.82, 2.24) is 14.5 Å². The maximum Gasteiger partial charge on any atom is 0.387 e. The van der Waals surface area contributed by atoms with Gasteiger partial charge < -0.3 is 19.9 Å². The van der Waals surface area contributed by atoms with Crippen molar-refractivity contribution in [3.05, 3.63) is 83.7 Å². The third kappa shape index (κ3) is 6.09. The largest absolute Gasteiger partial charge is 0.489 e. The van der Waals surface area contributed by atoms with Crippen molar-refractivity contribution in [1.29, 1.82) is 0 Å². The molecular weight excluding hydrogens is 494 g/mol. The van der Waals surface area contributed by atoms with Crippen LogP contribution < -0.4 is 15.2 Å². The summed E-state index contributed by atoms with van der Waals surface area (Å²) in [7, 11) is 0. The molecule has 0 bridgehead atoms. The number of nitrogens with two attached hydrogens (primary N) is 1. The zero-order chi connectivity index (χ0) is 26.5. The minimum atomic E-state index is -2.85. The summed E-state index contributed by atoms with van der Waals surface area (Å²) in [4.78, 5) is 18.9. The zero-order valence-electron chi connectivity index (χ0n) is 20.7. The first kappa shape index (κ1) is 25.6. The Morgan fingerprint density at radius 1 is 1.00 bits per heavy atom. The molecule has 0 saturated carbocycles. The normalized spacial score (nSPS) is 14.2. The highest BCUT2D eigenvalue weighted by molar-refractivity contribution is 5.96. The summed E-state index contributed by atoms with van der Waals surface area (Å²) >= 11 is 0. The second-order valence-electron chi connectivity index (χ2n) is 8.94. The van der Waals surface area contributed by atoms with Crippen LogP contribution in [0.1, 0.15) is 21.7 Å². The number of benzene rings is 3. The third-order valence-corrected chi connectivity index (χ3v) is 6.41. The van der Waals surface area contributed by atoms with Crippen LogP contribution in [0.5, 0.6) is 11.5 Å². The molecule has 0 unspecified atom stereocenters. The van der Waals surface area contributed by atoms with Gasteiger partial charge in [0, 0.05) is 37.3 Å². The van der Waals surface area contributed by atoms with Crippen LogP contribution in [0.2, 0.25) is 0 Å². The molecular formula is C28H28F2N4O4. The summed E-state index contributed by atoms with van der Waals surface area (Å²) in [6.45, 7) is 1.51. The van der Waals surface area contributed by atoms with Crippen LogP contribution >= 0.6 is 0 Å². The Bertz CT molecular complexity index is 1380. The van der Waals surface area contributed by atoms with Crippen molar-refractivity contribution < 1.29 is 27.8 Å². The summed E-state index contributed by atoms with van der Waals surface area (Å²) in [5.74, 6) is 1.16. The fourth-order valence-corrected chi connectivity index (χ4v) is 4.45. The molecule has 1 aromatic heterocycles. The molecule has 8 nitrogen and oxygen atoms in total. The number of hydrogen-bond acceptors (Lipinski definition) is 6. The quantitative estimate of drug-likeness (QED) is 0.336. The fourth-order valence-electron chi connectivity index (χ4n) is 4.45. The van der Waals surface area contributed by atoms with Gasteiger partial charge in [-0.15, -0.1) is 0 Å². The lowest BCUT2D eigenvalue weighted by Crippen LogP contribution is -2.37. The summed E-state index contributed by atoms with van der Waals surface area (Å²) in [5, 5.41) is 0. The number of aromatic nitrogens is 2. The molecule has 5 rings (SSSR count). The molecule has 0 radical (unpaired) electrons. The number of morpholine rings is 1. The SMILES string of the molecule is NC(=O)c1ccc2c(c1)nc(CCN1CCOCC1)n2-c1ccc(OCc2ccc(OC(F)F)cc2)cc1. The Morgan fingerprint density at radius 2 is 1.71 bits per heavy atom. The van der Waals surface area contributed by atoms with Gasteiger partial charge in [-0.3, -0.25) is 14.3 Å². The molecule has 0 atom stereocenters. The van der Waals surface area contributed by atoms with Gasteiger partial charge in [0.15, 0.2) is 0 Å². The highest BCUT2D eigenvalue weighted by Gasteiger charge is 2.17. The van der Waals surface area contributed by atoms with Gasteiger partial charge in [-0.25, -0.2) is 4.98 Å². The molecule has 1 aliphatic heterocycles. The first-order valence-corrected chi connectivity index (χ1v) is 12.3. The van der Waals surface area contributed by atoms with Crippen molar-refractivity contribution in [2.75, 3.05) is 32.8 Å². The van der Waals surface area contributed by atoms with E-state index in [1.54, 1.807) is 24.3 Å². The van der Waals surface area contributed by atoms with Gasteiger partial charge in [-0.05, 0) is 60.2 Å². The van der Waals surface area contributed by atoms with Gasteiger partial charge in [0.05, 0.1) is 24.2 Å². The number of rotatable bonds is 10. The van der Waals surface area contributed by atoms with E-state index in [-0.39, 0.29) is 12.4 Å². The summed E-state index contributed by atoms with van der Waals surface area (Å²) in [6.07, 6.45) is 0.726. The Hall–Kier alpha value is -4.02. The molecule has 2 N–H and O–H groups in total. The van der Waals surface area contributed by atoms with Gasteiger partial charge in [-0.2, -0.15) is 8.78 Å². The van der Waals surface area contributed by atoms with Crippen LogP contribution in [0.25, 0.3) is 16.7 Å². The Kier molecular flexibility index (Phi) is 7.81. The predicted molar refractivity (Wildman–Crippen MR) is 138 cm³/mol. The van der Waals surface area contributed by atoms with E-state index in [0.717, 1.165) is 61.9 Å². The van der Waals surface area contributed by atoms with Crippen LogP contribution in [0, 0.1) is 0 Å². The number of ether oxygens (including phenoxy) is 3. The predicted octanol–water partition coefficient (Wildman–Crippen LogP) is 4.18. The summed E-state index contributed by atoms with van der Waals surface area (Å²) in [6, 6.07) is 19.3. The number of imidazole rings is 1. The fraction of sp³-hybridized carbons (Fsp3) is 0.286. The molecule has 10 heteroatoms. The number of fused-ring (bicyclic) bond motifs is 1. The molecule has 3 aromatic carbocycles. The van der Waals surface area contributed by atoms with E-state index in [0.29, 0.717) is 16.8 Å². The van der Waals surface area contributed by atoms with E-state index < -0.39 is 12.5 Å². The highest BCUT2D eigenvalue weighted by atomic mass is 19.3. The second kappa shape index (κ2) is 11.6. The average Bonchev–Trinajstić information content (AvgIpc) is 3.29. The number of carbonyl (C=O) groups excluding carboxylic acids is 1. The van der Waals surface area contributed by atoms with Crippen molar-refractivity contribution in [2.45, 2.75) is 19.6 Å². The van der Waals surface area contributed by atoms with Crippen LogP contribution in [0.4, 0.5) is 8.78 Å². The lowest BCUT2D eigenvalue weighted by atomic mass is 10.2. The van der Waals surface area contributed by atoms with Crippen LogP contribution in [0.3, 0.4) is 0 Å². The second-order valence-corrected chi connectivity index (χ2v) is 8.94. The Labute approximate surface area is 218 Å². The molecule has 1 amide bonds. The Morgan fingerprint density at radius 3 is 2.39 bits per heavy atom. The summed E-state index contributed by atoms with van der Waals surface area (Å²) in [5.41, 5.74) is 9.23.